The van der Waals surface area contributed by atoms with Crippen molar-refractivity contribution in [3.05, 3.63) is 36.4 Å². The fourth-order valence-corrected chi connectivity index (χ4v) is 6.97. The SMILES string of the molecule is CC(C)N(c1cccc2[se]c3cccc(N(C(C)C)C(C)C)c3c12)C(C)C. The molecule has 0 aliphatic carbocycles. The first-order valence-electron chi connectivity index (χ1n) is 10.2. The summed E-state index contributed by atoms with van der Waals surface area (Å²) in [5.74, 6) is 0. The summed E-state index contributed by atoms with van der Waals surface area (Å²) in [5, 5.41) is 2.97. The van der Waals surface area contributed by atoms with Crippen molar-refractivity contribution >= 4 is 45.2 Å². The van der Waals surface area contributed by atoms with Crippen molar-refractivity contribution in [3.63, 3.8) is 0 Å². The number of anilines is 2. The fraction of sp³-hybridized carbons (Fsp3) is 0.500. The molecule has 0 saturated carbocycles. The molecule has 0 N–H and O–H groups in total. The molecule has 0 fully saturated rings. The maximum atomic E-state index is 2.58. The van der Waals surface area contributed by atoms with Crippen LogP contribution in [0.25, 0.3) is 19.3 Å². The van der Waals surface area contributed by atoms with E-state index in [1.54, 1.807) is 0 Å². The van der Waals surface area contributed by atoms with Crippen LogP contribution in [0.3, 0.4) is 0 Å². The molecule has 146 valence electrons. The summed E-state index contributed by atoms with van der Waals surface area (Å²) in [6.45, 7) is 18.5. The Labute approximate surface area is 170 Å². The van der Waals surface area contributed by atoms with E-state index in [0.717, 1.165) is 0 Å². The van der Waals surface area contributed by atoms with Crippen molar-refractivity contribution in [3.8, 4) is 0 Å². The molecule has 0 aliphatic rings. The maximum absolute atomic E-state index is 2.58. The van der Waals surface area contributed by atoms with Crippen LogP contribution < -0.4 is 9.80 Å². The van der Waals surface area contributed by atoms with Crippen LogP contribution in [0, 0.1) is 0 Å². The topological polar surface area (TPSA) is 6.48 Å². The third-order valence-electron chi connectivity index (χ3n) is 5.26. The normalized spacial score (nSPS) is 12.3. The molecule has 3 rings (SSSR count). The predicted octanol–water partition coefficient (Wildman–Crippen LogP) is 6.30. The average molecular weight is 430 g/mol. The summed E-state index contributed by atoms with van der Waals surface area (Å²) in [5.41, 5.74) is 2.80. The minimum absolute atomic E-state index is 0.385. The molecule has 0 radical (unpaired) electrons. The van der Waals surface area contributed by atoms with Gasteiger partial charge in [-0.05, 0) is 0 Å². The van der Waals surface area contributed by atoms with Gasteiger partial charge in [-0.1, -0.05) is 0 Å². The zero-order chi connectivity index (χ0) is 19.9. The van der Waals surface area contributed by atoms with E-state index in [1.807, 2.05) is 0 Å². The van der Waals surface area contributed by atoms with Gasteiger partial charge in [-0.25, -0.2) is 0 Å². The molecule has 0 unspecified atom stereocenters. The zero-order valence-corrected chi connectivity index (χ0v) is 19.8. The average Bonchev–Trinajstić information content (AvgIpc) is 2.93. The van der Waals surface area contributed by atoms with Crippen molar-refractivity contribution in [2.75, 3.05) is 9.80 Å². The molecule has 1 heterocycles. The first-order chi connectivity index (χ1) is 12.7. The molecule has 0 saturated heterocycles. The molecule has 0 aliphatic heterocycles. The van der Waals surface area contributed by atoms with Crippen LogP contribution in [0.2, 0.25) is 0 Å². The Morgan fingerprint density at radius 3 is 1.19 bits per heavy atom. The number of fused-ring (bicyclic) bond motifs is 3. The summed E-state index contributed by atoms with van der Waals surface area (Å²) in [4.78, 5) is 5.16. The van der Waals surface area contributed by atoms with E-state index in [0.29, 0.717) is 38.7 Å². The van der Waals surface area contributed by atoms with Gasteiger partial charge < -0.3 is 0 Å². The van der Waals surface area contributed by atoms with Crippen molar-refractivity contribution in [1.82, 2.24) is 0 Å². The van der Waals surface area contributed by atoms with Gasteiger partial charge in [-0.2, -0.15) is 0 Å². The third-order valence-corrected chi connectivity index (χ3v) is 7.61. The van der Waals surface area contributed by atoms with Gasteiger partial charge in [0.2, 0.25) is 0 Å². The van der Waals surface area contributed by atoms with E-state index in [1.165, 1.54) is 30.7 Å². The summed E-state index contributed by atoms with van der Waals surface area (Å²) in [7, 11) is 0. The molecule has 0 amide bonds. The first kappa shape index (κ1) is 20.3. The van der Waals surface area contributed by atoms with Crippen LogP contribution in [0.1, 0.15) is 55.4 Å². The molecule has 2 nitrogen and oxygen atoms in total. The Kier molecular flexibility index (Phi) is 5.93. The van der Waals surface area contributed by atoms with Gasteiger partial charge in [0, 0.05) is 0 Å². The van der Waals surface area contributed by atoms with Crippen LogP contribution >= 0.6 is 0 Å². The minimum atomic E-state index is 0.385. The van der Waals surface area contributed by atoms with E-state index < -0.39 is 0 Å². The van der Waals surface area contributed by atoms with Crippen LogP contribution in [-0.4, -0.2) is 38.7 Å². The van der Waals surface area contributed by atoms with Gasteiger partial charge in [0.1, 0.15) is 0 Å². The van der Waals surface area contributed by atoms with Gasteiger partial charge in [-0.3, -0.25) is 0 Å². The van der Waals surface area contributed by atoms with Crippen LogP contribution in [0.15, 0.2) is 36.4 Å². The fourth-order valence-electron chi connectivity index (χ4n) is 4.57. The predicted molar refractivity (Wildman–Crippen MR) is 124 cm³/mol. The molecule has 0 bridgehead atoms. The summed E-state index contributed by atoms with van der Waals surface area (Å²) in [6, 6.07) is 15.8. The van der Waals surface area contributed by atoms with E-state index in [-0.39, 0.29) is 0 Å². The Balaban J connectivity index is 2.40. The van der Waals surface area contributed by atoms with Crippen molar-refractivity contribution in [2.45, 2.75) is 79.6 Å². The number of hydrogen-bond donors (Lipinski definition) is 0. The Morgan fingerprint density at radius 2 is 0.889 bits per heavy atom. The second-order valence-electron chi connectivity index (χ2n) is 8.59. The molecule has 27 heavy (non-hydrogen) atoms. The first-order valence-corrected chi connectivity index (χ1v) is 12.0. The molecule has 3 heteroatoms. The molecule has 2 aromatic carbocycles. The number of rotatable bonds is 6. The molecular weight excluding hydrogens is 395 g/mol. The van der Waals surface area contributed by atoms with Crippen LogP contribution in [-0.2, 0) is 0 Å². The monoisotopic (exact) mass is 430 g/mol. The quantitative estimate of drug-likeness (QED) is 0.425. The van der Waals surface area contributed by atoms with Gasteiger partial charge in [0.05, 0.1) is 0 Å². The van der Waals surface area contributed by atoms with Gasteiger partial charge in [0.15, 0.2) is 0 Å². The number of hydrogen-bond acceptors (Lipinski definition) is 2. The van der Waals surface area contributed by atoms with Crippen molar-refractivity contribution in [1.29, 1.82) is 0 Å². The Bertz CT molecular complexity index is 830. The summed E-state index contributed by atoms with van der Waals surface area (Å²) < 4.78 is 3.06. The molecular formula is C24H34N2Se. The van der Waals surface area contributed by atoms with Gasteiger partial charge in [-0.15, -0.1) is 0 Å². The number of benzene rings is 2. The Morgan fingerprint density at radius 1 is 0.556 bits per heavy atom. The second kappa shape index (κ2) is 7.89. The summed E-state index contributed by atoms with van der Waals surface area (Å²) >= 11 is 0.385. The molecule has 0 atom stereocenters. The zero-order valence-electron chi connectivity index (χ0n) is 18.1. The van der Waals surface area contributed by atoms with Crippen LogP contribution in [0.4, 0.5) is 11.4 Å². The molecule has 0 spiro atoms. The van der Waals surface area contributed by atoms with Crippen molar-refractivity contribution < 1.29 is 0 Å². The Hall–Kier alpha value is -1.44. The third kappa shape index (κ3) is 3.64. The standard InChI is InChI=1S/C24H34N2Se/c1-15(2)25(16(3)4)19-11-9-13-21-23(19)24-20(12-10-14-22(24)27-21)26(17(5)6)18(7)8/h9-18H,1-8H3. The van der Waals surface area contributed by atoms with Crippen molar-refractivity contribution in [2.24, 2.45) is 0 Å². The number of nitrogens with zero attached hydrogens (tertiary/aromatic N) is 2. The molecule has 1 aromatic heterocycles. The van der Waals surface area contributed by atoms with E-state index in [9.17, 15) is 0 Å². The van der Waals surface area contributed by atoms with E-state index >= 15 is 0 Å². The van der Waals surface area contributed by atoms with Gasteiger partial charge >= 0.3 is 171 Å². The van der Waals surface area contributed by atoms with E-state index in [4.69, 9.17) is 0 Å². The second-order valence-corrected chi connectivity index (χ2v) is 10.9. The van der Waals surface area contributed by atoms with Crippen LogP contribution in [0.5, 0.6) is 0 Å². The van der Waals surface area contributed by atoms with Gasteiger partial charge in [0.25, 0.3) is 0 Å². The summed E-state index contributed by atoms with van der Waals surface area (Å²) in [6.07, 6.45) is 0. The van der Waals surface area contributed by atoms with E-state index in [2.05, 4.69) is 102 Å². The molecule has 3 aromatic rings.